The van der Waals surface area contributed by atoms with E-state index in [4.69, 9.17) is 4.74 Å². The number of nitrogens with zero attached hydrogens (tertiary/aromatic N) is 1. The Morgan fingerprint density at radius 2 is 2.47 bits per heavy atom. The van der Waals surface area contributed by atoms with Crippen molar-refractivity contribution in [2.75, 3.05) is 19.7 Å². The largest absolute Gasteiger partial charge is 0.376 e. The number of likely N-dealkylation sites (N-methyl/N-ethyl adjacent to an activating group) is 1. The fourth-order valence-corrected chi connectivity index (χ4v) is 2.00. The molecule has 0 unspecified atom stereocenters. The maximum Gasteiger partial charge on any atom is 0.317 e. The van der Waals surface area contributed by atoms with E-state index in [2.05, 4.69) is 11.9 Å². The number of hydrogen-bond donors (Lipinski definition) is 1. The molecule has 4 nitrogen and oxygen atoms in total. The van der Waals surface area contributed by atoms with Crippen LogP contribution in [0.15, 0.2) is 12.7 Å². The number of urea groups is 1. The van der Waals surface area contributed by atoms with Gasteiger partial charge in [0.2, 0.25) is 0 Å². The van der Waals surface area contributed by atoms with Crippen LogP contribution in [0.1, 0.15) is 33.1 Å². The van der Waals surface area contributed by atoms with Gasteiger partial charge in [-0.3, -0.25) is 0 Å². The van der Waals surface area contributed by atoms with E-state index in [9.17, 15) is 4.79 Å². The molecule has 0 saturated carbocycles. The molecule has 0 spiro atoms. The van der Waals surface area contributed by atoms with Gasteiger partial charge >= 0.3 is 6.03 Å². The number of amides is 2. The maximum absolute atomic E-state index is 12.0. The average Bonchev–Trinajstić information content (AvgIpc) is 2.78. The molecule has 2 amide bonds. The molecule has 1 heterocycles. The normalized spacial score (nSPS) is 20.9. The zero-order valence-electron chi connectivity index (χ0n) is 10.9. The highest BCUT2D eigenvalue weighted by Crippen LogP contribution is 2.13. The molecule has 0 aromatic heterocycles. The first-order valence-corrected chi connectivity index (χ1v) is 6.45. The average molecular weight is 240 g/mol. The van der Waals surface area contributed by atoms with Gasteiger partial charge in [0.25, 0.3) is 0 Å². The van der Waals surface area contributed by atoms with Crippen LogP contribution in [0.3, 0.4) is 0 Å². The first-order chi connectivity index (χ1) is 8.17. The molecule has 0 aliphatic carbocycles. The molecule has 17 heavy (non-hydrogen) atoms. The lowest BCUT2D eigenvalue weighted by Crippen LogP contribution is -2.46. The SMILES string of the molecule is C=CC[C@H](C)NC(=O)N(CC)C[C@@H]1CCCO1. The first kappa shape index (κ1) is 14.0. The molecule has 1 aliphatic rings. The van der Waals surface area contributed by atoms with Crippen LogP contribution in [0, 0.1) is 0 Å². The summed E-state index contributed by atoms with van der Waals surface area (Å²) < 4.78 is 5.55. The molecular weight excluding hydrogens is 216 g/mol. The van der Waals surface area contributed by atoms with Crippen LogP contribution in [-0.4, -0.2) is 42.8 Å². The van der Waals surface area contributed by atoms with Crippen LogP contribution in [0.2, 0.25) is 0 Å². The van der Waals surface area contributed by atoms with Crippen LogP contribution >= 0.6 is 0 Å². The highest BCUT2D eigenvalue weighted by atomic mass is 16.5. The van der Waals surface area contributed by atoms with Crippen molar-refractivity contribution in [3.05, 3.63) is 12.7 Å². The zero-order valence-corrected chi connectivity index (χ0v) is 10.9. The summed E-state index contributed by atoms with van der Waals surface area (Å²) in [6.07, 6.45) is 5.00. The van der Waals surface area contributed by atoms with E-state index in [1.165, 1.54) is 0 Å². The van der Waals surface area contributed by atoms with Crippen LogP contribution in [0.5, 0.6) is 0 Å². The third kappa shape index (κ3) is 4.77. The monoisotopic (exact) mass is 240 g/mol. The second-order valence-electron chi connectivity index (χ2n) is 4.55. The van der Waals surface area contributed by atoms with Gasteiger partial charge in [0.05, 0.1) is 6.10 Å². The second kappa shape index (κ2) is 7.33. The molecule has 0 aromatic carbocycles. The Morgan fingerprint density at radius 1 is 1.71 bits per heavy atom. The fourth-order valence-electron chi connectivity index (χ4n) is 2.00. The van der Waals surface area contributed by atoms with E-state index in [0.29, 0.717) is 13.1 Å². The number of nitrogens with one attached hydrogen (secondary N) is 1. The lowest BCUT2D eigenvalue weighted by Gasteiger charge is -2.25. The van der Waals surface area contributed by atoms with Crippen molar-refractivity contribution in [2.45, 2.75) is 45.3 Å². The smallest absolute Gasteiger partial charge is 0.317 e. The van der Waals surface area contributed by atoms with Crippen molar-refractivity contribution >= 4 is 6.03 Å². The predicted molar refractivity (Wildman–Crippen MR) is 69.0 cm³/mol. The van der Waals surface area contributed by atoms with E-state index < -0.39 is 0 Å². The minimum absolute atomic E-state index is 0.00245. The van der Waals surface area contributed by atoms with Crippen molar-refractivity contribution in [3.63, 3.8) is 0 Å². The number of hydrogen-bond acceptors (Lipinski definition) is 2. The molecule has 1 fully saturated rings. The maximum atomic E-state index is 12.0. The highest BCUT2D eigenvalue weighted by Gasteiger charge is 2.21. The lowest BCUT2D eigenvalue weighted by molar-refractivity contribution is 0.0822. The van der Waals surface area contributed by atoms with Gasteiger partial charge in [0.1, 0.15) is 0 Å². The van der Waals surface area contributed by atoms with Gasteiger partial charge in [-0.1, -0.05) is 6.08 Å². The Morgan fingerprint density at radius 3 is 3.00 bits per heavy atom. The minimum Gasteiger partial charge on any atom is -0.376 e. The van der Waals surface area contributed by atoms with Gasteiger partial charge in [0, 0.05) is 25.7 Å². The van der Waals surface area contributed by atoms with Crippen molar-refractivity contribution in [2.24, 2.45) is 0 Å². The Hall–Kier alpha value is -1.03. The standard InChI is InChI=1S/C13H24N2O2/c1-4-7-11(3)14-13(16)15(5-2)10-12-8-6-9-17-12/h4,11-12H,1,5-10H2,2-3H3,(H,14,16)/t11-,12-/m0/s1. The molecule has 0 aromatic rings. The number of carbonyl (C=O) groups is 1. The number of ether oxygens (including phenoxy) is 1. The molecule has 0 radical (unpaired) electrons. The molecule has 1 aliphatic heterocycles. The summed E-state index contributed by atoms with van der Waals surface area (Å²) in [6.45, 7) is 9.89. The Balaban J connectivity index is 2.37. The molecule has 0 bridgehead atoms. The summed E-state index contributed by atoms with van der Waals surface area (Å²) in [5.74, 6) is 0. The van der Waals surface area contributed by atoms with Crippen molar-refractivity contribution in [1.29, 1.82) is 0 Å². The van der Waals surface area contributed by atoms with Gasteiger partial charge in [-0.05, 0) is 33.1 Å². The minimum atomic E-state index is -0.00245. The van der Waals surface area contributed by atoms with Gasteiger partial charge in [-0.2, -0.15) is 0 Å². The lowest BCUT2D eigenvalue weighted by atomic mass is 10.2. The van der Waals surface area contributed by atoms with Crippen LogP contribution in [0.25, 0.3) is 0 Å². The third-order valence-electron chi connectivity index (χ3n) is 3.01. The summed E-state index contributed by atoms with van der Waals surface area (Å²) in [4.78, 5) is 13.8. The van der Waals surface area contributed by atoms with E-state index in [1.54, 1.807) is 0 Å². The van der Waals surface area contributed by atoms with Crippen molar-refractivity contribution in [1.82, 2.24) is 10.2 Å². The van der Waals surface area contributed by atoms with Gasteiger partial charge in [0.15, 0.2) is 0 Å². The summed E-state index contributed by atoms with van der Waals surface area (Å²) in [5.41, 5.74) is 0. The molecule has 1 rings (SSSR count). The zero-order chi connectivity index (χ0) is 12.7. The molecule has 2 atom stereocenters. The molecule has 4 heteroatoms. The summed E-state index contributed by atoms with van der Waals surface area (Å²) in [7, 11) is 0. The van der Waals surface area contributed by atoms with Crippen LogP contribution in [-0.2, 0) is 4.74 Å². The summed E-state index contributed by atoms with van der Waals surface area (Å²) >= 11 is 0. The van der Waals surface area contributed by atoms with E-state index in [0.717, 1.165) is 25.9 Å². The van der Waals surface area contributed by atoms with Gasteiger partial charge in [-0.25, -0.2) is 4.79 Å². The number of carbonyl (C=O) groups excluding carboxylic acids is 1. The van der Waals surface area contributed by atoms with E-state index in [1.807, 2.05) is 24.8 Å². The van der Waals surface area contributed by atoms with Gasteiger partial charge in [-0.15, -0.1) is 6.58 Å². The van der Waals surface area contributed by atoms with Crippen LogP contribution in [0.4, 0.5) is 4.79 Å². The van der Waals surface area contributed by atoms with Crippen molar-refractivity contribution in [3.8, 4) is 0 Å². The third-order valence-corrected chi connectivity index (χ3v) is 3.01. The van der Waals surface area contributed by atoms with Gasteiger partial charge < -0.3 is 15.0 Å². The molecule has 1 N–H and O–H groups in total. The Labute approximate surface area is 104 Å². The van der Waals surface area contributed by atoms with Crippen LogP contribution < -0.4 is 5.32 Å². The summed E-state index contributed by atoms with van der Waals surface area (Å²) in [6, 6.07) is 0.135. The molecule has 98 valence electrons. The second-order valence-corrected chi connectivity index (χ2v) is 4.55. The Kier molecular flexibility index (Phi) is 6.05. The number of rotatable bonds is 6. The van der Waals surface area contributed by atoms with E-state index >= 15 is 0 Å². The fraction of sp³-hybridized carbons (Fsp3) is 0.769. The highest BCUT2D eigenvalue weighted by molar-refractivity contribution is 5.74. The quantitative estimate of drug-likeness (QED) is 0.723. The predicted octanol–water partition coefficient (Wildman–Crippen LogP) is 2.16. The molecular formula is C13H24N2O2. The van der Waals surface area contributed by atoms with E-state index in [-0.39, 0.29) is 18.2 Å². The summed E-state index contributed by atoms with van der Waals surface area (Å²) in [5, 5.41) is 2.97. The molecule has 1 saturated heterocycles. The van der Waals surface area contributed by atoms with Crippen molar-refractivity contribution < 1.29 is 9.53 Å². The topological polar surface area (TPSA) is 41.6 Å². The first-order valence-electron chi connectivity index (χ1n) is 6.45. The Bertz CT molecular complexity index is 250.